The Labute approximate surface area is 98.4 Å². The molecule has 1 aromatic rings. The summed E-state index contributed by atoms with van der Waals surface area (Å²) in [5.74, 6) is 0.675. The van der Waals surface area contributed by atoms with E-state index in [4.69, 9.17) is 5.73 Å². The summed E-state index contributed by atoms with van der Waals surface area (Å²) >= 11 is 0. The van der Waals surface area contributed by atoms with Crippen molar-refractivity contribution in [3.8, 4) is 0 Å². The van der Waals surface area contributed by atoms with Crippen LogP contribution in [0.25, 0.3) is 0 Å². The van der Waals surface area contributed by atoms with Gasteiger partial charge in [0.25, 0.3) is 0 Å². The van der Waals surface area contributed by atoms with Gasteiger partial charge in [-0.3, -0.25) is 4.90 Å². The average molecular weight is 218 g/mol. The lowest BCUT2D eigenvalue weighted by Crippen LogP contribution is -2.47. The minimum absolute atomic E-state index is 0.346. The summed E-state index contributed by atoms with van der Waals surface area (Å²) in [7, 11) is 0. The Morgan fingerprint density at radius 2 is 2.00 bits per heavy atom. The SMILES string of the molecule is Cc1ccc(CN2CCC(C)C(N)C2)cc1. The van der Waals surface area contributed by atoms with Gasteiger partial charge in [-0.1, -0.05) is 36.8 Å². The largest absolute Gasteiger partial charge is 0.326 e. The van der Waals surface area contributed by atoms with E-state index >= 15 is 0 Å². The van der Waals surface area contributed by atoms with Crippen molar-refractivity contribution in [2.75, 3.05) is 13.1 Å². The molecule has 1 aromatic carbocycles. The van der Waals surface area contributed by atoms with Crippen molar-refractivity contribution in [2.45, 2.75) is 32.9 Å². The molecule has 0 aromatic heterocycles. The lowest BCUT2D eigenvalue weighted by atomic mass is 9.94. The van der Waals surface area contributed by atoms with Gasteiger partial charge in [-0.2, -0.15) is 0 Å². The van der Waals surface area contributed by atoms with Gasteiger partial charge in [0.05, 0.1) is 0 Å². The third kappa shape index (κ3) is 2.83. The van der Waals surface area contributed by atoms with E-state index in [1.807, 2.05) is 0 Å². The Kier molecular flexibility index (Phi) is 3.62. The molecule has 0 amide bonds. The fraction of sp³-hybridized carbons (Fsp3) is 0.571. The summed E-state index contributed by atoms with van der Waals surface area (Å²) in [4.78, 5) is 2.47. The van der Waals surface area contributed by atoms with Gasteiger partial charge < -0.3 is 5.73 Å². The maximum absolute atomic E-state index is 6.10. The normalized spacial score (nSPS) is 26.9. The quantitative estimate of drug-likeness (QED) is 0.824. The highest BCUT2D eigenvalue weighted by atomic mass is 15.1. The minimum Gasteiger partial charge on any atom is -0.326 e. The standard InChI is InChI=1S/C14H22N2/c1-11-3-5-13(6-4-11)9-16-8-7-12(2)14(15)10-16/h3-6,12,14H,7-10,15H2,1-2H3. The van der Waals surface area contributed by atoms with Crippen molar-refractivity contribution in [3.05, 3.63) is 35.4 Å². The number of hydrogen-bond donors (Lipinski definition) is 1. The van der Waals surface area contributed by atoms with Crippen molar-refractivity contribution < 1.29 is 0 Å². The number of hydrogen-bond acceptors (Lipinski definition) is 2. The fourth-order valence-electron chi connectivity index (χ4n) is 2.26. The molecule has 0 aliphatic carbocycles. The van der Waals surface area contributed by atoms with E-state index in [1.165, 1.54) is 24.1 Å². The second kappa shape index (κ2) is 4.98. The van der Waals surface area contributed by atoms with Gasteiger partial charge in [-0.25, -0.2) is 0 Å². The topological polar surface area (TPSA) is 29.3 Å². The number of nitrogens with zero attached hydrogens (tertiary/aromatic N) is 1. The molecule has 16 heavy (non-hydrogen) atoms. The van der Waals surface area contributed by atoms with Crippen molar-refractivity contribution in [1.82, 2.24) is 4.90 Å². The molecule has 2 heteroatoms. The molecule has 1 heterocycles. The molecule has 1 aliphatic heterocycles. The zero-order valence-corrected chi connectivity index (χ0v) is 10.3. The molecule has 1 fully saturated rings. The molecule has 0 saturated carbocycles. The Morgan fingerprint density at radius 1 is 1.31 bits per heavy atom. The van der Waals surface area contributed by atoms with E-state index < -0.39 is 0 Å². The van der Waals surface area contributed by atoms with E-state index in [2.05, 4.69) is 43.0 Å². The molecule has 88 valence electrons. The van der Waals surface area contributed by atoms with Crippen LogP contribution in [0.4, 0.5) is 0 Å². The van der Waals surface area contributed by atoms with Crippen LogP contribution < -0.4 is 5.73 Å². The van der Waals surface area contributed by atoms with Crippen molar-refractivity contribution in [3.63, 3.8) is 0 Å². The van der Waals surface area contributed by atoms with Crippen molar-refractivity contribution in [1.29, 1.82) is 0 Å². The van der Waals surface area contributed by atoms with Crippen LogP contribution in [0.3, 0.4) is 0 Å². The zero-order valence-electron chi connectivity index (χ0n) is 10.3. The summed E-state index contributed by atoms with van der Waals surface area (Å²) in [6.45, 7) is 7.65. The monoisotopic (exact) mass is 218 g/mol. The molecular weight excluding hydrogens is 196 g/mol. The van der Waals surface area contributed by atoms with E-state index in [1.54, 1.807) is 0 Å². The second-order valence-corrected chi connectivity index (χ2v) is 5.15. The van der Waals surface area contributed by atoms with E-state index in [0.717, 1.165) is 13.1 Å². The summed E-state index contributed by atoms with van der Waals surface area (Å²) in [6.07, 6.45) is 1.23. The van der Waals surface area contributed by atoms with Crippen molar-refractivity contribution >= 4 is 0 Å². The van der Waals surface area contributed by atoms with E-state index in [9.17, 15) is 0 Å². The molecule has 1 saturated heterocycles. The third-order valence-electron chi connectivity index (χ3n) is 3.63. The maximum atomic E-state index is 6.10. The van der Waals surface area contributed by atoms with E-state index in [0.29, 0.717) is 12.0 Å². The second-order valence-electron chi connectivity index (χ2n) is 5.15. The molecule has 1 aliphatic rings. The van der Waals surface area contributed by atoms with Gasteiger partial charge in [0.2, 0.25) is 0 Å². The van der Waals surface area contributed by atoms with Crippen LogP contribution in [0.5, 0.6) is 0 Å². The van der Waals surface area contributed by atoms with Crippen LogP contribution in [-0.4, -0.2) is 24.0 Å². The lowest BCUT2D eigenvalue weighted by Gasteiger charge is -2.35. The highest BCUT2D eigenvalue weighted by Gasteiger charge is 2.22. The van der Waals surface area contributed by atoms with Gasteiger partial charge in [0, 0.05) is 19.1 Å². The first-order valence-electron chi connectivity index (χ1n) is 6.18. The van der Waals surface area contributed by atoms with Gasteiger partial charge in [-0.05, 0) is 31.4 Å². The smallest absolute Gasteiger partial charge is 0.0234 e. The molecule has 2 rings (SSSR count). The summed E-state index contributed by atoms with van der Waals surface area (Å²) in [5.41, 5.74) is 8.83. The summed E-state index contributed by atoms with van der Waals surface area (Å²) in [6, 6.07) is 9.15. The van der Waals surface area contributed by atoms with Crippen LogP contribution in [0.1, 0.15) is 24.5 Å². The number of aryl methyl sites for hydroxylation is 1. The highest BCUT2D eigenvalue weighted by Crippen LogP contribution is 2.17. The van der Waals surface area contributed by atoms with Crippen molar-refractivity contribution in [2.24, 2.45) is 11.7 Å². The number of benzene rings is 1. The van der Waals surface area contributed by atoms with Crippen LogP contribution in [-0.2, 0) is 6.54 Å². The molecule has 2 unspecified atom stereocenters. The van der Waals surface area contributed by atoms with E-state index in [-0.39, 0.29) is 0 Å². The zero-order chi connectivity index (χ0) is 11.5. The number of likely N-dealkylation sites (tertiary alicyclic amines) is 1. The van der Waals surface area contributed by atoms with Gasteiger partial charge in [0.15, 0.2) is 0 Å². The molecular formula is C14H22N2. The minimum atomic E-state index is 0.346. The molecule has 0 radical (unpaired) electrons. The fourth-order valence-corrected chi connectivity index (χ4v) is 2.26. The maximum Gasteiger partial charge on any atom is 0.0234 e. The summed E-state index contributed by atoms with van der Waals surface area (Å²) in [5, 5.41) is 0. The number of rotatable bonds is 2. The predicted octanol–water partition coefficient (Wildman–Crippen LogP) is 2.16. The Morgan fingerprint density at radius 3 is 2.62 bits per heavy atom. The van der Waals surface area contributed by atoms with Crippen LogP contribution in [0.15, 0.2) is 24.3 Å². The lowest BCUT2D eigenvalue weighted by molar-refractivity contribution is 0.162. The first kappa shape index (κ1) is 11.6. The summed E-state index contributed by atoms with van der Waals surface area (Å²) < 4.78 is 0. The molecule has 2 nitrogen and oxygen atoms in total. The Balaban J connectivity index is 1.93. The van der Waals surface area contributed by atoms with Crippen LogP contribution in [0, 0.1) is 12.8 Å². The molecule has 2 N–H and O–H groups in total. The first-order valence-corrected chi connectivity index (χ1v) is 6.18. The van der Waals surface area contributed by atoms with Crippen LogP contribution >= 0.6 is 0 Å². The van der Waals surface area contributed by atoms with Crippen LogP contribution in [0.2, 0.25) is 0 Å². The first-order chi connectivity index (χ1) is 7.65. The van der Waals surface area contributed by atoms with Gasteiger partial charge in [0.1, 0.15) is 0 Å². The Hall–Kier alpha value is -0.860. The molecule has 0 bridgehead atoms. The highest BCUT2D eigenvalue weighted by molar-refractivity contribution is 5.21. The number of nitrogens with two attached hydrogens (primary N) is 1. The van der Waals surface area contributed by atoms with Gasteiger partial charge >= 0.3 is 0 Å². The molecule has 0 spiro atoms. The predicted molar refractivity (Wildman–Crippen MR) is 68.2 cm³/mol. The average Bonchev–Trinajstić information content (AvgIpc) is 2.27. The Bertz CT molecular complexity index is 331. The third-order valence-corrected chi connectivity index (χ3v) is 3.63. The molecule has 2 atom stereocenters. The van der Waals surface area contributed by atoms with Gasteiger partial charge in [-0.15, -0.1) is 0 Å². The number of piperidine rings is 1.